The van der Waals surface area contributed by atoms with Gasteiger partial charge in [-0.15, -0.1) is 0 Å². The van der Waals surface area contributed by atoms with Crippen molar-refractivity contribution in [3.8, 4) is 23.0 Å². The first kappa shape index (κ1) is 30.9. The highest BCUT2D eigenvalue weighted by Gasteiger charge is 2.46. The van der Waals surface area contributed by atoms with E-state index >= 15 is 4.39 Å². The van der Waals surface area contributed by atoms with Crippen LogP contribution in [0.1, 0.15) is 38.2 Å². The lowest BCUT2D eigenvalue weighted by atomic mass is 9.90. The number of aromatic hydroxyl groups is 1. The van der Waals surface area contributed by atoms with E-state index in [2.05, 4.69) is 24.3 Å². The van der Waals surface area contributed by atoms with Crippen LogP contribution in [-0.4, -0.2) is 85.8 Å². The number of phenols is 1. The number of aryl methyl sites for hydroxylation is 1. The number of halogens is 2. The molecule has 1 saturated carbocycles. The smallest absolute Gasteiger partial charge is 0.319 e. The van der Waals surface area contributed by atoms with Crippen LogP contribution in [0.5, 0.6) is 11.8 Å². The fourth-order valence-corrected chi connectivity index (χ4v) is 8.44. The molecule has 244 valence electrons. The highest BCUT2D eigenvalue weighted by atomic mass is 32.2. The first-order valence-electron chi connectivity index (χ1n) is 15.5. The number of ether oxygens (including phenoxy) is 1. The maximum absolute atomic E-state index is 16.8. The number of benzene rings is 2. The van der Waals surface area contributed by atoms with E-state index in [0.717, 1.165) is 19.4 Å². The zero-order chi connectivity index (χ0) is 32.4. The molecule has 4 heterocycles. The summed E-state index contributed by atoms with van der Waals surface area (Å²) in [5.41, 5.74) is -0.250. The first-order chi connectivity index (χ1) is 21.9. The Morgan fingerprint density at radius 3 is 2.65 bits per heavy atom. The third kappa shape index (κ3) is 5.61. The van der Waals surface area contributed by atoms with Crippen molar-refractivity contribution in [3.63, 3.8) is 0 Å². The van der Waals surface area contributed by atoms with Crippen molar-refractivity contribution in [1.82, 2.24) is 29.3 Å². The molecule has 4 aromatic rings. The summed E-state index contributed by atoms with van der Waals surface area (Å²) >= 11 is 0. The number of nitrogens with one attached hydrogen (secondary N) is 2. The average molecular weight is 654 g/mol. The lowest BCUT2D eigenvalue weighted by molar-refractivity contribution is 0.183. The third-order valence-corrected chi connectivity index (χ3v) is 10.6. The molecule has 1 atom stereocenters. The van der Waals surface area contributed by atoms with Crippen molar-refractivity contribution in [1.29, 1.82) is 0 Å². The van der Waals surface area contributed by atoms with Gasteiger partial charge in [-0.05, 0) is 80.7 Å². The Labute approximate surface area is 266 Å². The van der Waals surface area contributed by atoms with Crippen LogP contribution in [0, 0.1) is 17.0 Å². The Bertz CT molecular complexity index is 1970. The third-order valence-electron chi connectivity index (χ3n) is 9.35. The molecule has 2 aliphatic heterocycles. The molecule has 2 aromatic carbocycles. The topological polar surface area (TPSA) is 133 Å². The van der Waals surface area contributed by atoms with Crippen LogP contribution in [0.3, 0.4) is 0 Å². The average Bonchev–Trinajstić information content (AvgIpc) is 3.70. The minimum Gasteiger partial charge on any atom is -0.508 e. The number of hydrogen-bond donors (Lipinski definition) is 3. The number of aromatic nitrogens is 3. The Balaban J connectivity index is 1.37. The van der Waals surface area contributed by atoms with E-state index < -0.39 is 27.4 Å². The minimum absolute atomic E-state index is 0.00870. The van der Waals surface area contributed by atoms with E-state index in [9.17, 15) is 17.9 Å². The molecule has 1 aliphatic carbocycles. The maximum Gasteiger partial charge on any atom is 0.319 e. The van der Waals surface area contributed by atoms with Gasteiger partial charge in [-0.1, -0.05) is 13.0 Å². The second kappa shape index (κ2) is 11.2. The van der Waals surface area contributed by atoms with Crippen molar-refractivity contribution >= 4 is 37.7 Å². The van der Waals surface area contributed by atoms with Gasteiger partial charge >= 0.3 is 6.01 Å². The number of piperidine rings is 1. The van der Waals surface area contributed by atoms with E-state index in [1.54, 1.807) is 6.07 Å². The number of hydrogen-bond acceptors (Lipinski definition) is 9. The number of anilines is 1. The molecule has 3 fully saturated rings. The van der Waals surface area contributed by atoms with Crippen molar-refractivity contribution in [2.75, 3.05) is 51.8 Å². The molecule has 46 heavy (non-hydrogen) atoms. The molecule has 2 aromatic heterocycles. The van der Waals surface area contributed by atoms with Crippen molar-refractivity contribution < 1.29 is 27.0 Å². The minimum atomic E-state index is -3.62. The molecule has 1 spiro atoms. The lowest BCUT2D eigenvalue weighted by Crippen LogP contribution is -2.56. The molecule has 0 amide bonds. The van der Waals surface area contributed by atoms with E-state index in [0.29, 0.717) is 66.5 Å². The SMILES string of the molecule is CCc1c(F)ccc2cc(O)cc(-c3ncc4c(N5CCCC6(CNS(=O)(=O)N6)C5)nc(OCC5(CN(C)C)CC5)nc4c3F)c12. The molecule has 14 heteroatoms. The van der Waals surface area contributed by atoms with Crippen LogP contribution in [0.4, 0.5) is 14.6 Å². The zero-order valence-corrected chi connectivity index (χ0v) is 26.8. The van der Waals surface area contributed by atoms with Crippen molar-refractivity contribution in [2.45, 2.75) is 44.6 Å². The Kier molecular flexibility index (Phi) is 7.54. The van der Waals surface area contributed by atoms with Crippen LogP contribution < -0.4 is 19.1 Å². The molecular weight excluding hydrogens is 616 g/mol. The quantitative estimate of drug-likeness (QED) is 0.259. The fraction of sp³-hybridized carbons (Fsp3) is 0.469. The summed E-state index contributed by atoms with van der Waals surface area (Å²) in [5.74, 6) is -0.895. The number of rotatable bonds is 8. The number of nitrogens with zero attached hydrogens (tertiary/aromatic N) is 5. The van der Waals surface area contributed by atoms with E-state index in [1.807, 2.05) is 25.9 Å². The number of fused-ring (bicyclic) bond motifs is 2. The molecule has 3 N–H and O–H groups in total. The Hall–Kier alpha value is -3.72. The van der Waals surface area contributed by atoms with Crippen LogP contribution >= 0.6 is 0 Å². The standard InChI is InChI=1S/C32H37F2N7O4S/c1-4-21-24(33)7-6-19-12-20(42)13-22(25(19)21)27-26(34)28-23(14-35-27)29(38-30(37-28)45-18-31(9-10-31)16-40(2)3)41-11-5-8-32(17-41)15-36-46(43,44)39-32/h6-7,12-14,36,39,42H,4-5,8-11,15-18H2,1-3H3. The van der Waals surface area contributed by atoms with Crippen molar-refractivity contribution in [3.05, 3.63) is 47.7 Å². The highest BCUT2D eigenvalue weighted by molar-refractivity contribution is 7.87. The predicted molar refractivity (Wildman–Crippen MR) is 171 cm³/mol. The predicted octanol–water partition coefficient (Wildman–Crippen LogP) is 3.89. The molecule has 1 unspecified atom stereocenters. The summed E-state index contributed by atoms with van der Waals surface area (Å²) in [6.45, 7) is 4.09. The lowest BCUT2D eigenvalue weighted by Gasteiger charge is -2.40. The van der Waals surface area contributed by atoms with Gasteiger partial charge in [0.05, 0.1) is 17.5 Å². The van der Waals surface area contributed by atoms with Gasteiger partial charge in [-0.25, -0.2) is 13.5 Å². The molecule has 0 bridgehead atoms. The van der Waals surface area contributed by atoms with E-state index in [1.165, 1.54) is 24.4 Å². The summed E-state index contributed by atoms with van der Waals surface area (Å²) in [6.07, 6.45) is 5.14. The van der Waals surface area contributed by atoms with Crippen LogP contribution in [0.2, 0.25) is 0 Å². The van der Waals surface area contributed by atoms with Gasteiger partial charge in [0.2, 0.25) is 0 Å². The van der Waals surface area contributed by atoms with Gasteiger partial charge in [0.25, 0.3) is 10.2 Å². The molecule has 3 aliphatic rings. The summed E-state index contributed by atoms with van der Waals surface area (Å²) in [7, 11) is 0.396. The Morgan fingerprint density at radius 1 is 1.15 bits per heavy atom. The van der Waals surface area contributed by atoms with E-state index in [-0.39, 0.29) is 40.5 Å². The van der Waals surface area contributed by atoms with Crippen LogP contribution in [0.25, 0.3) is 32.9 Å². The molecule has 2 saturated heterocycles. The zero-order valence-electron chi connectivity index (χ0n) is 26.0. The second-order valence-electron chi connectivity index (χ2n) is 13.2. The highest BCUT2D eigenvalue weighted by Crippen LogP contribution is 2.46. The fourth-order valence-electron chi connectivity index (χ4n) is 7.09. The van der Waals surface area contributed by atoms with Crippen LogP contribution in [0.15, 0.2) is 30.5 Å². The number of pyridine rings is 1. The Morgan fingerprint density at radius 2 is 1.96 bits per heavy atom. The van der Waals surface area contributed by atoms with E-state index in [4.69, 9.17) is 9.72 Å². The van der Waals surface area contributed by atoms with Gasteiger partial charge in [0, 0.05) is 43.4 Å². The molecule has 7 rings (SSSR count). The molecular formula is C32H37F2N7O4S. The van der Waals surface area contributed by atoms with Gasteiger partial charge < -0.3 is 19.6 Å². The summed E-state index contributed by atoms with van der Waals surface area (Å²) in [5, 5.41) is 11.9. The monoisotopic (exact) mass is 653 g/mol. The molecule has 11 nitrogen and oxygen atoms in total. The normalized spacial score (nSPS) is 21.9. The summed E-state index contributed by atoms with van der Waals surface area (Å²) in [4.78, 5) is 17.9. The van der Waals surface area contributed by atoms with Gasteiger partial charge in [0.15, 0.2) is 5.82 Å². The summed E-state index contributed by atoms with van der Waals surface area (Å²) in [6, 6.07) is 5.81. The van der Waals surface area contributed by atoms with Gasteiger partial charge in [-0.2, -0.15) is 23.1 Å². The molecule has 0 radical (unpaired) electrons. The van der Waals surface area contributed by atoms with Crippen LogP contribution in [-0.2, 0) is 16.6 Å². The maximum atomic E-state index is 16.8. The first-order valence-corrected chi connectivity index (χ1v) is 17.0. The number of phenolic OH excluding ortho intramolecular Hbond substituents is 1. The second-order valence-corrected chi connectivity index (χ2v) is 14.7. The van der Waals surface area contributed by atoms with Gasteiger partial charge in [0.1, 0.15) is 28.6 Å². The summed E-state index contributed by atoms with van der Waals surface area (Å²) < 4.78 is 67.8. The largest absolute Gasteiger partial charge is 0.508 e. The van der Waals surface area contributed by atoms with Crippen molar-refractivity contribution in [2.24, 2.45) is 5.41 Å². The van der Waals surface area contributed by atoms with Gasteiger partial charge in [-0.3, -0.25) is 4.98 Å².